The van der Waals surface area contributed by atoms with E-state index in [1.807, 2.05) is 0 Å². The number of pyridine rings is 1. The molecule has 0 aliphatic heterocycles. The van der Waals surface area contributed by atoms with Crippen LogP contribution in [0.4, 0.5) is 0 Å². The molecule has 0 radical (unpaired) electrons. The number of rotatable bonds is 2. The lowest BCUT2D eigenvalue weighted by molar-refractivity contribution is 0.00628. The van der Waals surface area contributed by atoms with Gasteiger partial charge in [-0.1, -0.05) is 0 Å². The summed E-state index contributed by atoms with van der Waals surface area (Å²) in [5, 5.41) is 8.74. The lowest BCUT2D eigenvalue weighted by atomic mass is 10.2. The number of carboxylic acid groups (broad SMARTS) is 1. The van der Waals surface area contributed by atoms with Crippen molar-refractivity contribution >= 4 is 11.9 Å². The molecule has 1 N–H and O–H groups in total. The normalized spacial score (nSPS) is 10.9. The molecule has 5 heteroatoms. The number of nitrogens with zero attached hydrogens (tertiary/aromatic N) is 1. The summed E-state index contributed by atoms with van der Waals surface area (Å²) in [6.45, 7) is 5.18. The van der Waals surface area contributed by atoms with E-state index in [2.05, 4.69) is 4.98 Å². The van der Waals surface area contributed by atoms with E-state index in [0.29, 0.717) is 0 Å². The lowest BCUT2D eigenvalue weighted by Crippen LogP contribution is -2.24. The molecule has 5 nitrogen and oxygen atoms in total. The van der Waals surface area contributed by atoms with Gasteiger partial charge in [0.2, 0.25) is 0 Å². The number of carboxylic acids is 1. The molecule has 0 aliphatic carbocycles. The Hall–Kier alpha value is -1.91. The van der Waals surface area contributed by atoms with Crippen LogP contribution in [0.15, 0.2) is 18.3 Å². The van der Waals surface area contributed by atoms with Crippen molar-refractivity contribution in [3.05, 3.63) is 29.6 Å². The van der Waals surface area contributed by atoms with Crippen LogP contribution in [0.2, 0.25) is 0 Å². The Morgan fingerprint density at radius 3 is 2.50 bits per heavy atom. The Balaban J connectivity index is 2.92. The first-order valence-corrected chi connectivity index (χ1v) is 4.72. The maximum absolute atomic E-state index is 11.6. The van der Waals surface area contributed by atoms with Crippen molar-refractivity contribution in [3.63, 3.8) is 0 Å². The molecule has 0 unspecified atom stereocenters. The van der Waals surface area contributed by atoms with E-state index in [4.69, 9.17) is 9.84 Å². The summed E-state index contributed by atoms with van der Waals surface area (Å²) < 4.78 is 5.06. The minimum absolute atomic E-state index is 0.00479. The van der Waals surface area contributed by atoms with Crippen molar-refractivity contribution in [2.45, 2.75) is 26.4 Å². The first kappa shape index (κ1) is 12.2. The molecule has 0 amide bonds. The molecule has 0 spiro atoms. The van der Waals surface area contributed by atoms with E-state index in [1.54, 1.807) is 20.8 Å². The van der Waals surface area contributed by atoms with Gasteiger partial charge >= 0.3 is 11.9 Å². The number of hydrogen-bond donors (Lipinski definition) is 1. The molecule has 0 saturated heterocycles. The fourth-order valence-electron chi connectivity index (χ4n) is 1.01. The van der Waals surface area contributed by atoms with Crippen molar-refractivity contribution in [3.8, 4) is 0 Å². The molecule has 0 bridgehead atoms. The fraction of sp³-hybridized carbons (Fsp3) is 0.364. The summed E-state index contributed by atoms with van der Waals surface area (Å²) in [5.41, 5.74) is -0.622. The third kappa shape index (κ3) is 3.34. The molecule has 0 atom stereocenters. The van der Waals surface area contributed by atoms with Gasteiger partial charge < -0.3 is 9.84 Å². The number of aromatic nitrogens is 1. The Labute approximate surface area is 93.1 Å². The third-order valence-electron chi connectivity index (χ3n) is 1.61. The van der Waals surface area contributed by atoms with Crippen LogP contribution in [-0.2, 0) is 4.74 Å². The second-order valence-corrected chi connectivity index (χ2v) is 4.24. The molecule has 0 aromatic carbocycles. The average Bonchev–Trinajstić information content (AvgIpc) is 2.15. The maximum atomic E-state index is 11.6. The van der Waals surface area contributed by atoms with Crippen LogP contribution in [0.3, 0.4) is 0 Å². The van der Waals surface area contributed by atoms with Crippen LogP contribution >= 0.6 is 0 Å². The number of ether oxygens (including phenoxy) is 1. The van der Waals surface area contributed by atoms with Crippen LogP contribution in [0.5, 0.6) is 0 Å². The van der Waals surface area contributed by atoms with Crippen molar-refractivity contribution in [2.24, 2.45) is 0 Å². The molecular weight excluding hydrogens is 210 g/mol. The van der Waals surface area contributed by atoms with E-state index >= 15 is 0 Å². The minimum atomic E-state index is -1.10. The second kappa shape index (κ2) is 4.30. The largest absolute Gasteiger partial charge is 0.478 e. The van der Waals surface area contributed by atoms with E-state index in [0.717, 1.165) is 0 Å². The van der Waals surface area contributed by atoms with Gasteiger partial charge in [-0.15, -0.1) is 0 Å². The van der Waals surface area contributed by atoms with E-state index in [-0.39, 0.29) is 11.3 Å². The number of hydrogen-bond acceptors (Lipinski definition) is 4. The summed E-state index contributed by atoms with van der Waals surface area (Å²) in [6.07, 6.45) is 1.27. The monoisotopic (exact) mass is 223 g/mol. The highest BCUT2D eigenvalue weighted by atomic mass is 16.6. The first-order valence-electron chi connectivity index (χ1n) is 4.72. The van der Waals surface area contributed by atoms with Crippen molar-refractivity contribution in [1.82, 2.24) is 4.98 Å². The van der Waals surface area contributed by atoms with Crippen molar-refractivity contribution < 1.29 is 19.4 Å². The molecular formula is C11H13NO4. The number of aromatic carboxylic acids is 1. The summed E-state index contributed by atoms with van der Waals surface area (Å²) in [6, 6.07) is 2.51. The zero-order valence-corrected chi connectivity index (χ0v) is 9.35. The zero-order chi connectivity index (χ0) is 12.3. The van der Waals surface area contributed by atoms with Gasteiger partial charge in [-0.2, -0.15) is 0 Å². The quantitative estimate of drug-likeness (QED) is 0.772. The van der Waals surface area contributed by atoms with Gasteiger partial charge in [0.1, 0.15) is 11.3 Å². The SMILES string of the molecule is CC(C)(C)OC(=O)c1cc(C(=O)O)ccn1. The smallest absolute Gasteiger partial charge is 0.357 e. The van der Waals surface area contributed by atoms with Gasteiger partial charge in [0, 0.05) is 6.20 Å². The topological polar surface area (TPSA) is 76.5 Å². The molecule has 0 saturated carbocycles. The first-order chi connectivity index (χ1) is 7.29. The second-order valence-electron chi connectivity index (χ2n) is 4.24. The van der Waals surface area contributed by atoms with Crippen LogP contribution in [0, 0.1) is 0 Å². The molecule has 86 valence electrons. The predicted molar refractivity (Wildman–Crippen MR) is 56.4 cm³/mol. The number of carbonyl (C=O) groups is 2. The Morgan fingerprint density at radius 1 is 1.38 bits per heavy atom. The number of esters is 1. The molecule has 16 heavy (non-hydrogen) atoms. The van der Waals surface area contributed by atoms with Gasteiger partial charge in [0.15, 0.2) is 0 Å². The van der Waals surface area contributed by atoms with Crippen LogP contribution < -0.4 is 0 Å². The maximum Gasteiger partial charge on any atom is 0.357 e. The highest BCUT2D eigenvalue weighted by molar-refractivity contribution is 5.93. The Kier molecular flexibility index (Phi) is 3.27. The average molecular weight is 223 g/mol. The van der Waals surface area contributed by atoms with Gasteiger partial charge in [0.05, 0.1) is 5.56 Å². The summed E-state index contributed by atoms with van der Waals surface area (Å²) in [7, 11) is 0. The zero-order valence-electron chi connectivity index (χ0n) is 9.35. The highest BCUT2D eigenvalue weighted by Gasteiger charge is 2.19. The Morgan fingerprint density at radius 2 is 2.00 bits per heavy atom. The fourth-order valence-corrected chi connectivity index (χ4v) is 1.01. The summed E-state index contributed by atoms with van der Waals surface area (Å²) in [5.74, 6) is -1.73. The molecule has 1 aromatic rings. The molecule has 1 aromatic heterocycles. The molecule has 1 rings (SSSR count). The van der Waals surface area contributed by atoms with Gasteiger partial charge in [0.25, 0.3) is 0 Å². The predicted octanol–water partition coefficient (Wildman–Crippen LogP) is 1.74. The van der Waals surface area contributed by atoms with Crippen LogP contribution in [0.1, 0.15) is 41.6 Å². The standard InChI is InChI=1S/C11H13NO4/c1-11(2,3)16-10(15)8-6-7(9(13)14)4-5-12-8/h4-6H,1-3H3,(H,13,14). The lowest BCUT2D eigenvalue weighted by Gasteiger charge is -2.19. The van der Waals surface area contributed by atoms with Crippen LogP contribution in [0.25, 0.3) is 0 Å². The highest BCUT2D eigenvalue weighted by Crippen LogP contribution is 2.11. The van der Waals surface area contributed by atoms with Crippen molar-refractivity contribution in [1.29, 1.82) is 0 Å². The molecule has 0 fully saturated rings. The summed E-state index contributed by atoms with van der Waals surface area (Å²) >= 11 is 0. The van der Waals surface area contributed by atoms with Crippen molar-refractivity contribution in [2.75, 3.05) is 0 Å². The van der Waals surface area contributed by atoms with E-state index in [1.165, 1.54) is 18.3 Å². The van der Waals surface area contributed by atoms with E-state index < -0.39 is 17.5 Å². The third-order valence-corrected chi connectivity index (χ3v) is 1.61. The van der Waals surface area contributed by atoms with Gasteiger partial charge in [-0.05, 0) is 32.9 Å². The van der Waals surface area contributed by atoms with Crippen LogP contribution in [-0.4, -0.2) is 27.6 Å². The molecule has 0 aliphatic rings. The number of carbonyl (C=O) groups excluding carboxylic acids is 1. The van der Waals surface area contributed by atoms with Gasteiger partial charge in [-0.3, -0.25) is 0 Å². The van der Waals surface area contributed by atoms with Gasteiger partial charge in [-0.25, -0.2) is 14.6 Å². The molecule has 1 heterocycles. The summed E-state index contributed by atoms with van der Waals surface area (Å²) in [4.78, 5) is 26.0. The van der Waals surface area contributed by atoms with E-state index in [9.17, 15) is 9.59 Å². The minimum Gasteiger partial charge on any atom is -0.478 e. The Bertz CT molecular complexity index is 420.